The van der Waals surface area contributed by atoms with E-state index in [1.807, 2.05) is 20.0 Å². The van der Waals surface area contributed by atoms with E-state index in [-0.39, 0.29) is 5.91 Å². The fraction of sp³-hybridized carbons (Fsp3) is 0.500. The third kappa shape index (κ3) is 4.24. The van der Waals surface area contributed by atoms with Gasteiger partial charge >= 0.3 is 0 Å². The molecule has 0 radical (unpaired) electrons. The number of hydrogen-bond acceptors (Lipinski definition) is 5. The number of nitrogens with zero attached hydrogens (tertiary/aromatic N) is 2. The number of aryl methyl sites for hydroxylation is 1. The number of nitrogens with one attached hydrogen (secondary N) is 2. The molecule has 1 aromatic carbocycles. The van der Waals surface area contributed by atoms with Crippen LogP contribution in [0.2, 0.25) is 0 Å². The molecule has 0 aliphatic carbocycles. The lowest BCUT2D eigenvalue weighted by Gasteiger charge is -2.33. The van der Waals surface area contributed by atoms with Gasteiger partial charge in [0.1, 0.15) is 5.00 Å². The molecule has 2 heterocycles. The summed E-state index contributed by atoms with van der Waals surface area (Å²) in [4.78, 5) is 15.2. The minimum atomic E-state index is -0.0678. The van der Waals surface area contributed by atoms with Gasteiger partial charge in [-0.25, -0.2) is 0 Å². The van der Waals surface area contributed by atoms with Crippen molar-refractivity contribution < 1.29 is 4.79 Å². The van der Waals surface area contributed by atoms with Crippen LogP contribution in [0.15, 0.2) is 24.3 Å². The fourth-order valence-electron chi connectivity index (χ4n) is 3.57. The van der Waals surface area contributed by atoms with Crippen molar-refractivity contribution in [3.05, 3.63) is 46.6 Å². The third-order valence-electron chi connectivity index (χ3n) is 5.19. The number of aromatic nitrogens is 1. The first-order valence-corrected chi connectivity index (χ1v) is 10.1. The van der Waals surface area contributed by atoms with Gasteiger partial charge in [-0.05, 0) is 55.9 Å². The smallest absolute Gasteiger partial charge is 0.256 e. The Bertz CT molecular complexity index is 758. The SMILES string of the molecule is CNc1snc(C)c1C(=O)NCc1ccccc1CN1CCCCC1C. The summed E-state index contributed by atoms with van der Waals surface area (Å²) in [5.74, 6) is -0.0678. The summed E-state index contributed by atoms with van der Waals surface area (Å²) in [5.41, 5.74) is 3.91. The normalized spacial score (nSPS) is 17.9. The molecule has 1 saturated heterocycles. The van der Waals surface area contributed by atoms with E-state index in [1.165, 1.54) is 41.9 Å². The number of carbonyl (C=O) groups is 1. The Morgan fingerprint density at radius 1 is 1.31 bits per heavy atom. The molecule has 1 aliphatic rings. The van der Waals surface area contributed by atoms with Crippen molar-refractivity contribution in [1.29, 1.82) is 0 Å². The van der Waals surface area contributed by atoms with Gasteiger partial charge in [0, 0.05) is 26.2 Å². The molecule has 0 spiro atoms. The minimum Gasteiger partial charge on any atom is -0.378 e. The molecule has 2 N–H and O–H groups in total. The van der Waals surface area contributed by atoms with Crippen molar-refractivity contribution in [2.24, 2.45) is 0 Å². The van der Waals surface area contributed by atoms with E-state index < -0.39 is 0 Å². The van der Waals surface area contributed by atoms with E-state index in [2.05, 4.69) is 45.0 Å². The molecule has 2 aromatic rings. The quantitative estimate of drug-likeness (QED) is 0.810. The first-order chi connectivity index (χ1) is 12.6. The Morgan fingerprint density at radius 3 is 2.81 bits per heavy atom. The molecule has 1 atom stereocenters. The zero-order valence-electron chi connectivity index (χ0n) is 15.8. The lowest BCUT2D eigenvalue weighted by molar-refractivity contribution is 0.0951. The average Bonchev–Trinajstić information content (AvgIpc) is 3.03. The van der Waals surface area contributed by atoms with Crippen LogP contribution in [0.25, 0.3) is 0 Å². The summed E-state index contributed by atoms with van der Waals surface area (Å²) in [6.07, 6.45) is 3.88. The molecule has 1 amide bonds. The predicted molar refractivity (Wildman–Crippen MR) is 108 cm³/mol. The van der Waals surface area contributed by atoms with Gasteiger partial charge in [-0.3, -0.25) is 9.69 Å². The second-order valence-electron chi connectivity index (χ2n) is 6.99. The molecule has 5 nitrogen and oxygen atoms in total. The molecular weight excluding hydrogens is 344 g/mol. The number of hydrogen-bond donors (Lipinski definition) is 2. The lowest BCUT2D eigenvalue weighted by Crippen LogP contribution is -2.37. The van der Waals surface area contributed by atoms with E-state index in [1.54, 1.807) is 0 Å². The van der Waals surface area contributed by atoms with Crippen LogP contribution in [0.3, 0.4) is 0 Å². The van der Waals surface area contributed by atoms with Gasteiger partial charge < -0.3 is 10.6 Å². The summed E-state index contributed by atoms with van der Waals surface area (Å²) >= 11 is 1.32. The van der Waals surface area contributed by atoms with E-state index in [0.29, 0.717) is 18.2 Å². The van der Waals surface area contributed by atoms with Crippen molar-refractivity contribution in [2.45, 2.75) is 52.2 Å². The molecule has 6 heteroatoms. The Labute approximate surface area is 160 Å². The molecule has 3 rings (SSSR count). The van der Waals surface area contributed by atoms with Crippen LogP contribution in [0, 0.1) is 6.92 Å². The molecule has 0 bridgehead atoms. The number of carbonyl (C=O) groups excluding carboxylic acids is 1. The van der Waals surface area contributed by atoms with Gasteiger partial charge in [-0.2, -0.15) is 4.37 Å². The van der Waals surface area contributed by atoms with Crippen molar-refractivity contribution in [3.63, 3.8) is 0 Å². The highest BCUT2D eigenvalue weighted by molar-refractivity contribution is 7.10. The van der Waals surface area contributed by atoms with Crippen LogP contribution in [-0.2, 0) is 13.1 Å². The van der Waals surface area contributed by atoms with Gasteiger partial charge in [-0.1, -0.05) is 30.7 Å². The predicted octanol–water partition coefficient (Wildman–Crippen LogP) is 3.80. The summed E-state index contributed by atoms with van der Waals surface area (Å²) in [7, 11) is 1.82. The lowest BCUT2D eigenvalue weighted by atomic mass is 10.0. The Balaban J connectivity index is 1.68. The summed E-state index contributed by atoms with van der Waals surface area (Å²) in [6, 6.07) is 9.05. The number of amides is 1. The summed E-state index contributed by atoms with van der Waals surface area (Å²) in [6.45, 7) is 6.84. The van der Waals surface area contributed by atoms with Gasteiger partial charge in [-0.15, -0.1) is 0 Å². The van der Waals surface area contributed by atoms with Gasteiger partial charge in [0.2, 0.25) is 0 Å². The molecule has 1 aliphatic heterocycles. The van der Waals surface area contributed by atoms with Crippen LogP contribution in [0.4, 0.5) is 5.00 Å². The minimum absolute atomic E-state index is 0.0678. The number of benzene rings is 1. The van der Waals surface area contributed by atoms with Gasteiger partial charge in [0.15, 0.2) is 0 Å². The summed E-state index contributed by atoms with van der Waals surface area (Å²) in [5, 5.41) is 6.94. The molecule has 1 fully saturated rings. The van der Waals surface area contributed by atoms with Crippen LogP contribution in [0.1, 0.15) is 53.4 Å². The highest BCUT2D eigenvalue weighted by Crippen LogP contribution is 2.24. The maximum absolute atomic E-state index is 12.6. The highest BCUT2D eigenvalue weighted by atomic mass is 32.1. The maximum atomic E-state index is 12.6. The molecule has 140 valence electrons. The van der Waals surface area contributed by atoms with Crippen LogP contribution in [-0.4, -0.2) is 34.8 Å². The second kappa shape index (κ2) is 8.64. The van der Waals surface area contributed by atoms with Crippen molar-refractivity contribution in [2.75, 3.05) is 18.9 Å². The molecular formula is C20H28N4OS. The highest BCUT2D eigenvalue weighted by Gasteiger charge is 2.20. The zero-order chi connectivity index (χ0) is 18.5. The number of piperidine rings is 1. The Kier molecular flexibility index (Phi) is 6.27. The second-order valence-corrected chi connectivity index (χ2v) is 7.76. The maximum Gasteiger partial charge on any atom is 0.256 e. The monoisotopic (exact) mass is 372 g/mol. The van der Waals surface area contributed by atoms with E-state index in [9.17, 15) is 4.79 Å². The van der Waals surface area contributed by atoms with Crippen LogP contribution >= 0.6 is 11.5 Å². The number of rotatable bonds is 6. The van der Waals surface area contributed by atoms with E-state index in [4.69, 9.17) is 0 Å². The molecule has 1 aromatic heterocycles. The molecule has 0 saturated carbocycles. The van der Waals surface area contributed by atoms with E-state index in [0.717, 1.165) is 23.8 Å². The van der Waals surface area contributed by atoms with Crippen LogP contribution in [0.5, 0.6) is 0 Å². The largest absolute Gasteiger partial charge is 0.378 e. The first kappa shape index (κ1) is 18.9. The van der Waals surface area contributed by atoms with Gasteiger partial charge in [0.05, 0.1) is 11.3 Å². The Morgan fingerprint density at radius 2 is 2.08 bits per heavy atom. The molecule has 26 heavy (non-hydrogen) atoms. The first-order valence-electron chi connectivity index (χ1n) is 9.33. The standard InChI is InChI=1S/C20H28N4OS/c1-14-8-6-7-11-24(14)13-17-10-5-4-9-16(17)12-22-19(25)18-15(2)23-26-20(18)21-3/h4-5,9-10,14,21H,6-8,11-13H2,1-3H3,(H,22,25). The number of likely N-dealkylation sites (tertiary alicyclic amines) is 1. The van der Waals surface area contributed by atoms with E-state index >= 15 is 0 Å². The Hall–Kier alpha value is -1.92. The van der Waals surface area contributed by atoms with Crippen molar-refractivity contribution in [3.8, 4) is 0 Å². The zero-order valence-corrected chi connectivity index (χ0v) is 16.7. The van der Waals surface area contributed by atoms with Gasteiger partial charge in [0.25, 0.3) is 5.91 Å². The third-order valence-corrected chi connectivity index (χ3v) is 6.14. The van der Waals surface area contributed by atoms with Crippen molar-refractivity contribution >= 4 is 22.4 Å². The number of anilines is 1. The molecule has 1 unspecified atom stereocenters. The van der Waals surface area contributed by atoms with Crippen molar-refractivity contribution in [1.82, 2.24) is 14.6 Å². The average molecular weight is 373 g/mol. The summed E-state index contributed by atoms with van der Waals surface area (Å²) < 4.78 is 4.28. The topological polar surface area (TPSA) is 57.3 Å². The van der Waals surface area contributed by atoms with Crippen LogP contribution < -0.4 is 10.6 Å². The fourth-order valence-corrected chi connectivity index (χ4v) is 4.31.